The highest BCUT2D eigenvalue weighted by molar-refractivity contribution is 9.09. The number of benzene rings is 1. The molecule has 0 saturated carbocycles. The van der Waals surface area contributed by atoms with Crippen LogP contribution < -0.4 is 0 Å². The number of aldehydes is 1. The molecule has 0 N–H and O–H groups in total. The Morgan fingerprint density at radius 1 is 1.53 bits per heavy atom. The lowest BCUT2D eigenvalue weighted by Gasteiger charge is -1.87. The number of carbonyl (C=O) groups excluding carboxylic acids is 2. The van der Waals surface area contributed by atoms with Gasteiger partial charge in [-0.1, -0.05) is 15.9 Å². The monoisotopic (exact) mass is 267 g/mol. The molecule has 0 saturated heterocycles. The van der Waals surface area contributed by atoms with Gasteiger partial charge in [-0.2, -0.15) is 0 Å². The molecule has 76 valence electrons. The summed E-state index contributed by atoms with van der Waals surface area (Å²) < 4.78 is 5.21. The van der Waals surface area contributed by atoms with Crippen LogP contribution in [0.5, 0.6) is 0 Å². The molecule has 0 radical (unpaired) electrons. The lowest BCUT2D eigenvalue weighted by atomic mass is 10.2. The number of Topliss-reactive ketones (excluding diaryl/α,β-unsaturated/α-hetero) is 1. The summed E-state index contributed by atoms with van der Waals surface area (Å²) in [6.45, 7) is 0. The first-order valence-electron chi connectivity index (χ1n) is 4.19. The highest BCUT2D eigenvalue weighted by atomic mass is 79.9. The van der Waals surface area contributed by atoms with Crippen molar-refractivity contribution in [1.29, 1.82) is 0 Å². The SMILES string of the molecule is O=Cc1ccc2nc(C(=O)CBr)oc2c1. The Balaban J connectivity index is 2.55. The van der Waals surface area contributed by atoms with Crippen LogP contribution in [0.25, 0.3) is 11.1 Å². The number of fused-ring (bicyclic) bond motifs is 1. The molecule has 0 bridgehead atoms. The predicted octanol–water partition coefficient (Wildman–Crippen LogP) is 2.22. The van der Waals surface area contributed by atoms with Gasteiger partial charge in [0, 0.05) is 5.56 Å². The third kappa shape index (κ3) is 1.83. The molecule has 0 amide bonds. The maximum Gasteiger partial charge on any atom is 0.265 e. The molecular formula is C10H6BrNO3. The average Bonchev–Trinajstić information content (AvgIpc) is 2.70. The Kier molecular flexibility index (Phi) is 2.64. The van der Waals surface area contributed by atoms with Gasteiger partial charge in [0.2, 0.25) is 5.78 Å². The highest BCUT2D eigenvalue weighted by Gasteiger charge is 2.12. The third-order valence-electron chi connectivity index (χ3n) is 1.91. The molecule has 5 heteroatoms. The lowest BCUT2D eigenvalue weighted by molar-refractivity contribution is 0.0989. The summed E-state index contributed by atoms with van der Waals surface area (Å²) in [6.07, 6.45) is 0.716. The van der Waals surface area contributed by atoms with Crippen molar-refractivity contribution >= 4 is 39.1 Å². The van der Waals surface area contributed by atoms with Gasteiger partial charge in [0.05, 0.1) is 5.33 Å². The Morgan fingerprint density at radius 2 is 2.33 bits per heavy atom. The Labute approximate surface area is 93.4 Å². The number of alkyl halides is 1. The normalized spacial score (nSPS) is 10.5. The van der Waals surface area contributed by atoms with Crippen LogP contribution in [0.15, 0.2) is 22.6 Å². The second-order valence-corrected chi connectivity index (χ2v) is 3.48. The van der Waals surface area contributed by atoms with Crippen LogP contribution in [-0.2, 0) is 0 Å². The van der Waals surface area contributed by atoms with E-state index in [-0.39, 0.29) is 17.0 Å². The Hall–Kier alpha value is -1.49. The number of aromatic nitrogens is 1. The Bertz CT molecular complexity index is 532. The summed E-state index contributed by atoms with van der Waals surface area (Å²) in [5, 5.41) is 0.167. The highest BCUT2D eigenvalue weighted by Crippen LogP contribution is 2.17. The van der Waals surface area contributed by atoms with Crippen LogP contribution in [0.4, 0.5) is 0 Å². The number of hydrogen-bond acceptors (Lipinski definition) is 4. The van der Waals surface area contributed by atoms with Crippen LogP contribution in [0.2, 0.25) is 0 Å². The van der Waals surface area contributed by atoms with E-state index in [4.69, 9.17) is 4.42 Å². The number of carbonyl (C=O) groups is 2. The fraction of sp³-hybridized carbons (Fsp3) is 0.100. The van der Waals surface area contributed by atoms with Gasteiger partial charge in [0.15, 0.2) is 5.58 Å². The van der Waals surface area contributed by atoms with Crippen molar-refractivity contribution in [3.05, 3.63) is 29.7 Å². The summed E-state index contributed by atoms with van der Waals surface area (Å²) in [5.41, 5.74) is 1.52. The minimum atomic E-state index is -0.223. The van der Waals surface area contributed by atoms with E-state index in [1.807, 2.05) is 0 Å². The molecule has 0 aliphatic carbocycles. The number of hydrogen-bond donors (Lipinski definition) is 0. The van der Waals surface area contributed by atoms with E-state index in [0.717, 1.165) is 0 Å². The number of ketones is 1. The summed E-state index contributed by atoms with van der Waals surface area (Å²) in [7, 11) is 0. The number of halogens is 1. The second-order valence-electron chi connectivity index (χ2n) is 2.92. The van der Waals surface area contributed by atoms with Gasteiger partial charge in [0.25, 0.3) is 5.89 Å². The van der Waals surface area contributed by atoms with Crippen LogP contribution in [0.3, 0.4) is 0 Å². The summed E-state index contributed by atoms with van der Waals surface area (Å²) in [5.74, 6) is -0.163. The van der Waals surface area contributed by atoms with Crippen LogP contribution >= 0.6 is 15.9 Å². The number of oxazole rings is 1. The van der Waals surface area contributed by atoms with E-state index in [1.165, 1.54) is 0 Å². The molecule has 0 spiro atoms. The molecule has 0 fully saturated rings. The molecule has 2 aromatic rings. The molecular weight excluding hydrogens is 262 g/mol. The maximum atomic E-state index is 11.3. The van der Waals surface area contributed by atoms with Crippen LogP contribution in [0, 0.1) is 0 Å². The fourth-order valence-electron chi connectivity index (χ4n) is 1.19. The van der Waals surface area contributed by atoms with E-state index in [2.05, 4.69) is 20.9 Å². The summed E-state index contributed by atoms with van der Waals surface area (Å²) in [4.78, 5) is 25.8. The van der Waals surface area contributed by atoms with Gasteiger partial charge in [-0.15, -0.1) is 0 Å². The third-order valence-corrected chi connectivity index (χ3v) is 2.42. The van der Waals surface area contributed by atoms with Crippen molar-refractivity contribution < 1.29 is 14.0 Å². The molecule has 0 aliphatic heterocycles. The van der Waals surface area contributed by atoms with Crippen molar-refractivity contribution in [2.24, 2.45) is 0 Å². The van der Waals surface area contributed by atoms with Crippen molar-refractivity contribution in [3.63, 3.8) is 0 Å². The molecule has 0 aliphatic rings. The second kappa shape index (κ2) is 3.94. The average molecular weight is 268 g/mol. The smallest absolute Gasteiger partial charge is 0.265 e. The zero-order chi connectivity index (χ0) is 10.8. The zero-order valence-electron chi connectivity index (χ0n) is 7.57. The van der Waals surface area contributed by atoms with Gasteiger partial charge in [-0.3, -0.25) is 9.59 Å². The minimum absolute atomic E-state index is 0.0601. The standard InChI is InChI=1S/C10H6BrNO3/c11-4-8(14)10-12-7-2-1-6(5-13)3-9(7)15-10/h1-3,5H,4H2. The van der Waals surface area contributed by atoms with Crippen LogP contribution in [0.1, 0.15) is 21.0 Å². The number of nitrogens with zero attached hydrogens (tertiary/aromatic N) is 1. The van der Waals surface area contributed by atoms with E-state index in [1.54, 1.807) is 18.2 Å². The largest absolute Gasteiger partial charge is 0.434 e. The van der Waals surface area contributed by atoms with Crippen molar-refractivity contribution in [2.45, 2.75) is 0 Å². The van der Waals surface area contributed by atoms with E-state index in [9.17, 15) is 9.59 Å². The molecule has 4 nitrogen and oxygen atoms in total. The number of rotatable bonds is 3. The molecule has 2 rings (SSSR count). The summed E-state index contributed by atoms with van der Waals surface area (Å²) in [6, 6.07) is 4.83. The zero-order valence-corrected chi connectivity index (χ0v) is 9.15. The molecule has 0 atom stereocenters. The molecule has 1 heterocycles. The van der Waals surface area contributed by atoms with Crippen molar-refractivity contribution in [3.8, 4) is 0 Å². The lowest BCUT2D eigenvalue weighted by Crippen LogP contribution is -1.99. The fourth-order valence-corrected chi connectivity index (χ4v) is 1.43. The quantitative estimate of drug-likeness (QED) is 0.486. The van der Waals surface area contributed by atoms with E-state index >= 15 is 0 Å². The summed E-state index contributed by atoms with van der Waals surface area (Å²) >= 11 is 3.03. The molecule has 15 heavy (non-hydrogen) atoms. The van der Waals surface area contributed by atoms with Gasteiger partial charge in [0.1, 0.15) is 11.8 Å². The molecule has 1 aromatic carbocycles. The predicted molar refractivity (Wildman–Crippen MR) is 57.5 cm³/mol. The maximum absolute atomic E-state index is 11.3. The first-order valence-corrected chi connectivity index (χ1v) is 5.31. The van der Waals surface area contributed by atoms with Gasteiger partial charge in [-0.05, 0) is 18.2 Å². The minimum Gasteiger partial charge on any atom is -0.434 e. The molecule has 1 aromatic heterocycles. The van der Waals surface area contributed by atoms with Crippen molar-refractivity contribution in [1.82, 2.24) is 4.98 Å². The topological polar surface area (TPSA) is 60.2 Å². The first kappa shape index (κ1) is 10.0. The van der Waals surface area contributed by atoms with Gasteiger partial charge in [-0.25, -0.2) is 4.98 Å². The van der Waals surface area contributed by atoms with Gasteiger partial charge >= 0.3 is 0 Å². The molecule has 0 unspecified atom stereocenters. The van der Waals surface area contributed by atoms with Crippen molar-refractivity contribution in [2.75, 3.05) is 5.33 Å². The van der Waals surface area contributed by atoms with E-state index in [0.29, 0.717) is 22.9 Å². The van der Waals surface area contributed by atoms with E-state index < -0.39 is 0 Å². The Morgan fingerprint density at radius 3 is 3.00 bits per heavy atom. The first-order chi connectivity index (χ1) is 7.24. The van der Waals surface area contributed by atoms with Gasteiger partial charge < -0.3 is 4.42 Å². The van der Waals surface area contributed by atoms with Crippen LogP contribution in [-0.4, -0.2) is 22.4 Å².